The van der Waals surface area contributed by atoms with E-state index in [1.165, 1.54) is 17.5 Å². The molecule has 2 fully saturated rings. The van der Waals surface area contributed by atoms with Crippen LogP contribution in [0.4, 0.5) is 0 Å². The molecule has 0 saturated carbocycles. The Bertz CT molecular complexity index is 456. The molecule has 2 atom stereocenters. The lowest BCUT2D eigenvalue weighted by atomic mass is 9.85. The Labute approximate surface area is 134 Å². The van der Waals surface area contributed by atoms with Crippen molar-refractivity contribution >= 4 is 0 Å². The van der Waals surface area contributed by atoms with E-state index < -0.39 is 0 Å². The molecule has 2 aliphatic heterocycles. The van der Waals surface area contributed by atoms with E-state index in [0.29, 0.717) is 12.7 Å². The molecule has 0 N–H and O–H groups in total. The van der Waals surface area contributed by atoms with E-state index >= 15 is 0 Å². The van der Waals surface area contributed by atoms with Gasteiger partial charge in [0.25, 0.3) is 0 Å². The molecule has 0 aromatic heterocycles. The van der Waals surface area contributed by atoms with E-state index in [2.05, 4.69) is 38.1 Å². The lowest BCUT2D eigenvalue weighted by Gasteiger charge is -2.30. The minimum Gasteiger partial charge on any atom is -0.373 e. The molecule has 22 heavy (non-hydrogen) atoms. The lowest BCUT2D eigenvalue weighted by Crippen LogP contribution is -2.30. The molecular weight excluding hydrogens is 276 g/mol. The van der Waals surface area contributed by atoms with Crippen molar-refractivity contribution in [3.8, 4) is 0 Å². The second-order valence-corrected chi connectivity index (χ2v) is 7.18. The highest BCUT2D eigenvalue weighted by molar-refractivity contribution is 5.28. The van der Waals surface area contributed by atoms with Crippen LogP contribution in [0.25, 0.3) is 0 Å². The van der Waals surface area contributed by atoms with Gasteiger partial charge in [0.1, 0.15) is 0 Å². The zero-order chi connectivity index (χ0) is 15.4. The summed E-state index contributed by atoms with van der Waals surface area (Å²) in [5.74, 6) is 0. The zero-order valence-corrected chi connectivity index (χ0v) is 13.8. The van der Waals surface area contributed by atoms with Crippen molar-refractivity contribution in [1.29, 1.82) is 0 Å². The average Bonchev–Trinajstić information content (AvgIpc) is 3.37. The third-order valence-corrected chi connectivity index (χ3v) is 4.66. The largest absolute Gasteiger partial charge is 0.373 e. The summed E-state index contributed by atoms with van der Waals surface area (Å²) in [5.41, 5.74) is 2.74. The van der Waals surface area contributed by atoms with E-state index in [4.69, 9.17) is 14.2 Å². The van der Waals surface area contributed by atoms with Gasteiger partial charge in [0.2, 0.25) is 0 Å². The molecule has 2 heterocycles. The topological polar surface area (TPSA) is 31.0 Å². The van der Waals surface area contributed by atoms with Gasteiger partial charge in [-0.05, 0) is 43.2 Å². The standard InChI is InChI=1S/C19H28O3/c1-19(2,14-22-18-5-3-4-12-20-18)16-9-6-15(7-10-16)8-11-17-13-21-17/h6-7,9-10,17-18H,3-5,8,11-14H2,1-2H3. The Morgan fingerprint density at radius 3 is 2.55 bits per heavy atom. The van der Waals surface area contributed by atoms with Crippen LogP contribution >= 0.6 is 0 Å². The summed E-state index contributed by atoms with van der Waals surface area (Å²) in [6.07, 6.45) is 6.16. The van der Waals surface area contributed by atoms with Crippen LogP contribution in [0.5, 0.6) is 0 Å². The van der Waals surface area contributed by atoms with Gasteiger partial charge in [0.05, 0.1) is 19.3 Å². The van der Waals surface area contributed by atoms with Crippen molar-refractivity contribution in [3.05, 3.63) is 35.4 Å². The maximum atomic E-state index is 5.98. The van der Waals surface area contributed by atoms with Gasteiger partial charge in [-0.25, -0.2) is 0 Å². The smallest absolute Gasteiger partial charge is 0.157 e. The quantitative estimate of drug-likeness (QED) is 0.717. The maximum absolute atomic E-state index is 5.98. The van der Waals surface area contributed by atoms with Gasteiger partial charge < -0.3 is 14.2 Å². The van der Waals surface area contributed by atoms with Crippen molar-refractivity contribution in [1.82, 2.24) is 0 Å². The first-order chi connectivity index (χ1) is 10.6. The Balaban J connectivity index is 1.51. The summed E-state index contributed by atoms with van der Waals surface area (Å²) in [6.45, 7) is 6.97. The normalized spacial score (nSPS) is 25.2. The summed E-state index contributed by atoms with van der Waals surface area (Å²) in [7, 11) is 0. The van der Waals surface area contributed by atoms with E-state index in [9.17, 15) is 0 Å². The molecule has 2 unspecified atom stereocenters. The molecule has 0 aliphatic carbocycles. The van der Waals surface area contributed by atoms with Crippen LogP contribution in [-0.4, -0.2) is 32.2 Å². The van der Waals surface area contributed by atoms with Gasteiger partial charge in [0.15, 0.2) is 6.29 Å². The van der Waals surface area contributed by atoms with Crippen molar-refractivity contribution in [2.45, 2.75) is 63.8 Å². The summed E-state index contributed by atoms with van der Waals surface area (Å²) >= 11 is 0. The number of ether oxygens (including phenoxy) is 3. The monoisotopic (exact) mass is 304 g/mol. The molecule has 122 valence electrons. The van der Waals surface area contributed by atoms with Gasteiger partial charge in [-0.2, -0.15) is 0 Å². The van der Waals surface area contributed by atoms with Crippen LogP contribution < -0.4 is 0 Å². The molecule has 0 amide bonds. The summed E-state index contributed by atoms with van der Waals surface area (Å²) in [5, 5.41) is 0. The fourth-order valence-corrected chi connectivity index (χ4v) is 2.91. The van der Waals surface area contributed by atoms with Gasteiger partial charge in [0, 0.05) is 12.0 Å². The molecular formula is C19H28O3. The minimum absolute atomic E-state index is 0.00848. The van der Waals surface area contributed by atoms with Crippen LogP contribution in [0.1, 0.15) is 50.7 Å². The molecule has 0 radical (unpaired) electrons. The predicted octanol–water partition coefficient (Wildman–Crippen LogP) is 3.84. The van der Waals surface area contributed by atoms with E-state index in [1.54, 1.807) is 0 Å². The number of hydrogen-bond donors (Lipinski definition) is 0. The molecule has 0 spiro atoms. The van der Waals surface area contributed by atoms with Crippen LogP contribution in [0, 0.1) is 0 Å². The Kier molecular flexibility index (Phi) is 5.17. The number of rotatable bonds is 7. The third-order valence-electron chi connectivity index (χ3n) is 4.66. The predicted molar refractivity (Wildman–Crippen MR) is 87.1 cm³/mol. The van der Waals surface area contributed by atoms with Crippen molar-refractivity contribution in [2.24, 2.45) is 0 Å². The lowest BCUT2D eigenvalue weighted by molar-refractivity contribution is -0.170. The van der Waals surface area contributed by atoms with Crippen molar-refractivity contribution in [2.75, 3.05) is 19.8 Å². The molecule has 1 aromatic rings. The second kappa shape index (κ2) is 7.12. The third kappa shape index (κ3) is 4.55. The highest BCUT2D eigenvalue weighted by Crippen LogP contribution is 2.26. The molecule has 3 rings (SSSR count). The number of hydrogen-bond acceptors (Lipinski definition) is 3. The summed E-state index contributed by atoms with van der Waals surface area (Å²) in [4.78, 5) is 0. The Hall–Kier alpha value is -0.900. The van der Waals surface area contributed by atoms with Crippen LogP contribution in [0.2, 0.25) is 0 Å². The van der Waals surface area contributed by atoms with Gasteiger partial charge >= 0.3 is 0 Å². The number of epoxide rings is 1. The highest BCUT2D eigenvalue weighted by atomic mass is 16.7. The first-order valence-electron chi connectivity index (χ1n) is 8.58. The van der Waals surface area contributed by atoms with Crippen LogP contribution in [-0.2, 0) is 26.0 Å². The highest BCUT2D eigenvalue weighted by Gasteiger charge is 2.25. The van der Waals surface area contributed by atoms with Crippen molar-refractivity contribution < 1.29 is 14.2 Å². The van der Waals surface area contributed by atoms with Gasteiger partial charge in [-0.15, -0.1) is 0 Å². The molecule has 0 bridgehead atoms. The molecule has 3 heteroatoms. The first-order valence-corrected chi connectivity index (χ1v) is 8.58. The molecule has 1 aromatic carbocycles. The van der Waals surface area contributed by atoms with Gasteiger partial charge in [-0.3, -0.25) is 0 Å². The van der Waals surface area contributed by atoms with E-state index in [-0.39, 0.29) is 11.7 Å². The van der Waals surface area contributed by atoms with Crippen LogP contribution in [0.3, 0.4) is 0 Å². The second-order valence-electron chi connectivity index (χ2n) is 7.18. The van der Waals surface area contributed by atoms with Crippen molar-refractivity contribution in [3.63, 3.8) is 0 Å². The molecule has 3 nitrogen and oxygen atoms in total. The molecule has 2 saturated heterocycles. The van der Waals surface area contributed by atoms with Crippen LogP contribution in [0.15, 0.2) is 24.3 Å². The fourth-order valence-electron chi connectivity index (χ4n) is 2.91. The Morgan fingerprint density at radius 2 is 1.91 bits per heavy atom. The van der Waals surface area contributed by atoms with Gasteiger partial charge in [-0.1, -0.05) is 38.1 Å². The van der Waals surface area contributed by atoms with E-state index in [1.807, 2.05) is 0 Å². The maximum Gasteiger partial charge on any atom is 0.157 e. The summed E-state index contributed by atoms with van der Waals surface area (Å²) in [6, 6.07) is 8.98. The fraction of sp³-hybridized carbons (Fsp3) is 0.684. The Morgan fingerprint density at radius 1 is 1.14 bits per heavy atom. The average molecular weight is 304 g/mol. The minimum atomic E-state index is -0.00848. The number of aryl methyl sites for hydroxylation is 1. The first kappa shape index (κ1) is 16.0. The SMILES string of the molecule is CC(C)(COC1CCCCO1)c1ccc(CCC2CO2)cc1. The molecule has 2 aliphatic rings. The van der Waals surface area contributed by atoms with E-state index in [0.717, 1.165) is 38.9 Å². The number of benzene rings is 1. The zero-order valence-electron chi connectivity index (χ0n) is 13.8. The summed E-state index contributed by atoms with van der Waals surface area (Å²) < 4.78 is 16.9.